The zero-order valence-electron chi connectivity index (χ0n) is 19.7. The Labute approximate surface area is 205 Å². The Morgan fingerprint density at radius 3 is 2.47 bits per heavy atom. The van der Waals surface area contributed by atoms with Gasteiger partial charge in [-0.05, 0) is 66.6 Å². The van der Waals surface area contributed by atoms with Crippen LogP contribution < -0.4 is 4.74 Å². The highest BCUT2D eigenvalue weighted by atomic mass is 32.2. The molecule has 180 valence electrons. The van der Waals surface area contributed by atoms with Gasteiger partial charge in [0.1, 0.15) is 5.75 Å². The summed E-state index contributed by atoms with van der Waals surface area (Å²) >= 11 is 1.70. The molecule has 6 nitrogen and oxygen atoms in total. The predicted octanol–water partition coefficient (Wildman–Crippen LogP) is 4.64. The van der Waals surface area contributed by atoms with Crippen molar-refractivity contribution in [2.45, 2.75) is 37.6 Å². The Hall–Kier alpha value is -2.68. The molecule has 1 atom stereocenters. The van der Waals surface area contributed by atoms with E-state index in [2.05, 4.69) is 11.4 Å². The SMILES string of the molecule is CCCN(CC(=O)N1CCc2sccc2C1c1ccc(OC)cc1)S(=O)(=O)c1ccc(C)cc1. The highest BCUT2D eigenvalue weighted by Gasteiger charge is 2.35. The van der Waals surface area contributed by atoms with E-state index >= 15 is 0 Å². The number of amides is 1. The molecule has 0 N–H and O–H groups in total. The first-order valence-electron chi connectivity index (χ1n) is 11.4. The maximum absolute atomic E-state index is 13.7. The molecule has 2 heterocycles. The van der Waals surface area contributed by atoms with Crippen LogP contribution in [0.3, 0.4) is 0 Å². The second-order valence-corrected chi connectivity index (χ2v) is 11.4. The van der Waals surface area contributed by atoms with E-state index in [0.29, 0.717) is 13.0 Å². The average Bonchev–Trinajstić information content (AvgIpc) is 3.32. The van der Waals surface area contributed by atoms with Gasteiger partial charge in [0.05, 0.1) is 24.6 Å². The number of methoxy groups -OCH3 is 1. The number of aryl methyl sites for hydroxylation is 1. The van der Waals surface area contributed by atoms with Gasteiger partial charge in [-0.1, -0.05) is 36.8 Å². The molecule has 0 bridgehead atoms. The molecule has 0 spiro atoms. The molecule has 1 aromatic heterocycles. The number of thiophene rings is 1. The molecule has 34 heavy (non-hydrogen) atoms. The molecular weight excluding hydrogens is 468 g/mol. The van der Waals surface area contributed by atoms with E-state index in [4.69, 9.17) is 4.74 Å². The van der Waals surface area contributed by atoms with Crippen LogP contribution >= 0.6 is 11.3 Å². The zero-order chi connectivity index (χ0) is 24.3. The normalized spacial score (nSPS) is 15.9. The van der Waals surface area contributed by atoms with Crippen LogP contribution in [-0.4, -0.2) is 50.3 Å². The summed E-state index contributed by atoms with van der Waals surface area (Å²) in [6.45, 7) is 4.48. The van der Waals surface area contributed by atoms with Gasteiger partial charge in [0.25, 0.3) is 0 Å². The third-order valence-electron chi connectivity index (χ3n) is 6.16. The van der Waals surface area contributed by atoms with Crippen LogP contribution in [0.4, 0.5) is 0 Å². The zero-order valence-corrected chi connectivity index (χ0v) is 21.4. The van der Waals surface area contributed by atoms with Crippen molar-refractivity contribution in [1.29, 1.82) is 0 Å². The number of nitrogens with zero attached hydrogens (tertiary/aromatic N) is 2. The van der Waals surface area contributed by atoms with Crippen LogP contribution in [0.1, 0.15) is 41.0 Å². The van der Waals surface area contributed by atoms with Crippen molar-refractivity contribution in [2.75, 3.05) is 26.7 Å². The average molecular weight is 499 g/mol. The van der Waals surface area contributed by atoms with Crippen molar-refractivity contribution in [2.24, 2.45) is 0 Å². The Morgan fingerprint density at radius 1 is 1.12 bits per heavy atom. The number of sulfonamides is 1. The fraction of sp³-hybridized carbons (Fsp3) is 0.346. The number of rotatable bonds is 8. The summed E-state index contributed by atoms with van der Waals surface area (Å²) in [4.78, 5) is 17.0. The summed E-state index contributed by atoms with van der Waals surface area (Å²) < 4.78 is 33.4. The number of fused-ring (bicyclic) bond motifs is 1. The van der Waals surface area contributed by atoms with Gasteiger partial charge in [-0.2, -0.15) is 4.31 Å². The van der Waals surface area contributed by atoms with Gasteiger partial charge in [0.2, 0.25) is 15.9 Å². The number of carbonyl (C=O) groups is 1. The number of ether oxygens (including phenoxy) is 1. The number of benzene rings is 2. The lowest BCUT2D eigenvalue weighted by atomic mass is 9.93. The van der Waals surface area contributed by atoms with Crippen LogP contribution in [0.25, 0.3) is 0 Å². The van der Waals surface area contributed by atoms with Crippen LogP contribution in [0.5, 0.6) is 5.75 Å². The quantitative estimate of drug-likeness (QED) is 0.454. The summed E-state index contributed by atoms with van der Waals surface area (Å²) in [6.07, 6.45) is 1.39. The van der Waals surface area contributed by atoms with Gasteiger partial charge >= 0.3 is 0 Å². The van der Waals surface area contributed by atoms with Crippen molar-refractivity contribution in [3.8, 4) is 5.75 Å². The lowest BCUT2D eigenvalue weighted by Crippen LogP contribution is -2.46. The van der Waals surface area contributed by atoms with E-state index in [1.165, 1.54) is 9.18 Å². The van der Waals surface area contributed by atoms with Crippen molar-refractivity contribution < 1.29 is 17.9 Å². The largest absolute Gasteiger partial charge is 0.497 e. The number of hydrogen-bond donors (Lipinski definition) is 0. The van der Waals surface area contributed by atoms with E-state index in [1.807, 2.05) is 43.0 Å². The fourth-order valence-corrected chi connectivity index (χ4v) is 6.75. The monoisotopic (exact) mass is 498 g/mol. The molecule has 0 radical (unpaired) electrons. The maximum Gasteiger partial charge on any atom is 0.243 e. The van der Waals surface area contributed by atoms with Gasteiger partial charge in [-0.25, -0.2) is 8.42 Å². The molecule has 4 rings (SSSR count). The van der Waals surface area contributed by atoms with Gasteiger partial charge in [0, 0.05) is 18.0 Å². The van der Waals surface area contributed by atoms with Crippen LogP contribution in [-0.2, 0) is 21.2 Å². The third kappa shape index (κ3) is 4.89. The molecule has 1 unspecified atom stereocenters. The number of hydrogen-bond acceptors (Lipinski definition) is 5. The molecule has 2 aromatic carbocycles. The van der Waals surface area contributed by atoms with Crippen LogP contribution in [0.2, 0.25) is 0 Å². The van der Waals surface area contributed by atoms with E-state index in [0.717, 1.165) is 28.9 Å². The van der Waals surface area contributed by atoms with E-state index in [1.54, 1.807) is 42.7 Å². The Bertz CT molecular complexity index is 1230. The number of carbonyl (C=O) groups excluding carboxylic acids is 1. The minimum Gasteiger partial charge on any atom is -0.497 e. The Balaban J connectivity index is 1.64. The van der Waals surface area contributed by atoms with Crippen molar-refractivity contribution in [1.82, 2.24) is 9.21 Å². The molecule has 0 saturated carbocycles. The minimum absolute atomic E-state index is 0.184. The molecule has 1 aliphatic heterocycles. The topological polar surface area (TPSA) is 66.9 Å². The molecule has 0 fully saturated rings. The molecule has 1 amide bonds. The molecule has 8 heteroatoms. The summed E-state index contributed by atoms with van der Waals surface area (Å²) in [7, 11) is -2.16. The minimum atomic E-state index is -3.78. The lowest BCUT2D eigenvalue weighted by Gasteiger charge is -2.37. The highest BCUT2D eigenvalue weighted by Crippen LogP contribution is 2.38. The summed E-state index contributed by atoms with van der Waals surface area (Å²) in [6, 6.07) is 16.3. The Kier molecular flexibility index (Phi) is 7.40. The second kappa shape index (κ2) is 10.3. The summed E-state index contributed by atoms with van der Waals surface area (Å²) in [5, 5.41) is 2.06. The first kappa shape index (κ1) is 24.4. The van der Waals surface area contributed by atoms with Gasteiger partial charge in [-0.3, -0.25) is 4.79 Å². The van der Waals surface area contributed by atoms with E-state index in [-0.39, 0.29) is 29.9 Å². The van der Waals surface area contributed by atoms with Gasteiger partial charge in [-0.15, -0.1) is 11.3 Å². The first-order chi connectivity index (χ1) is 16.3. The second-order valence-electron chi connectivity index (χ2n) is 8.46. The maximum atomic E-state index is 13.7. The molecule has 1 aliphatic rings. The summed E-state index contributed by atoms with van der Waals surface area (Å²) in [5.74, 6) is 0.558. The predicted molar refractivity (Wildman–Crippen MR) is 135 cm³/mol. The van der Waals surface area contributed by atoms with E-state index < -0.39 is 10.0 Å². The van der Waals surface area contributed by atoms with Crippen molar-refractivity contribution >= 4 is 27.3 Å². The first-order valence-corrected chi connectivity index (χ1v) is 13.7. The molecule has 0 aliphatic carbocycles. The van der Waals surface area contributed by atoms with Gasteiger partial charge < -0.3 is 9.64 Å². The van der Waals surface area contributed by atoms with Crippen LogP contribution in [0.15, 0.2) is 64.9 Å². The lowest BCUT2D eigenvalue weighted by molar-refractivity contribution is -0.133. The third-order valence-corrected chi connectivity index (χ3v) is 9.02. The van der Waals surface area contributed by atoms with Crippen molar-refractivity contribution in [3.63, 3.8) is 0 Å². The molecule has 0 saturated heterocycles. The van der Waals surface area contributed by atoms with Crippen LogP contribution in [0, 0.1) is 6.92 Å². The summed E-state index contributed by atoms with van der Waals surface area (Å²) in [5.41, 5.74) is 3.08. The standard InChI is InChI=1S/C26H30N2O4S2/c1-4-15-27(34(30,31)22-11-5-19(2)6-12-22)18-25(29)28-16-13-24-23(14-17-33-24)26(28)20-7-9-21(32-3)10-8-20/h5-12,14,17,26H,4,13,15-16,18H2,1-3H3. The van der Waals surface area contributed by atoms with E-state index in [9.17, 15) is 13.2 Å². The fourth-order valence-electron chi connectivity index (χ4n) is 4.37. The molecule has 3 aromatic rings. The smallest absolute Gasteiger partial charge is 0.243 e. The van der Waals surface area contributed by atoms with Gasteiger partial charge in [0.15, 0.2) is 0 Å². The highest BCUT2D eigenvalue weighted by molar-refractivity contribution is 7.89. The van der Waals surface area contributed by atoms with Crippen molar-refractivity contribution in [3.05, 3.63) is 81.5 Å². The molecular formula is C26H30N2O4S2. The Morgan fingerprint density at radius 2 is 1.82 bits per heavy atom.